The van der Waals surface area contributed by atoms with Crippen molar-refractivity contribution in [2.24, 2.45) is 5.73 Å². The monoisotopic (exact) mass is 363 g/mol. The molecule has 1 aromatic rings. The molecule has 1 atom stereocenters. The molecule has 8 heteroatoms. The van der Waals surface area contributed by atoms with E-state index in [4.69, 9.17) is 5.73 Å². The van der Waals surface area contributed by atoms with Crippen molar-refractivity contribution in [3.8, 4) is 0 Å². The number of aliphatic hydroxyl groups is 1. The summed E-state index contributed by atoms with van der Waals surface area (Å²) >= 11 is 0. The van der Waals surface area contributed by atoms with Gasteiger partial charge in [-0.15, -0.1) is 0 Å². The van der Waals surface area contributed by atoms with E-state index >= 15 is 0 Å². The van der Waals surface area contributed by atoms with E-state index in [1.54, 1.807) is 0 Å². The summed E-state index contributed by atoms with van der Waals surface area (Å²) in [6.07, 6.45) is 3.03. The molecule has 3 rings (SSSR count). The number of piperidine rings is 1. The molecule has 2 aliphatic rings. The molecular formula is C18H29N5O3. The van der Waals surface area contributed by atoms with Gasteiger partial charge in [0.1, 0.15) is 0 Å². The van der Waals surface area contributed by atoms with Crippen molar-refractivity contribution in [3.63, 3.8) is 0 Å². The highest BCUT2D eigenvalue weighted by atomic mass is 16.3. The van der Waals surface area contributed by atoms with E-state index in [0.29, 0.717) is 45.3 Å². The molecule has 26 heavy (non-hydrogen) atoms. The highest BCUT2D eigenvalue weighted by molar-refractivity contribution is 5.79. The van der Waals surface area contributed by atoms with Crippen LogP contribution >= 0.6 is 0 Å². The number of primary amides is 1. The van der Waals surface area contributed by atoms with Crippen LogP contribution in [0.15, 0.2) is 6.07 Å². The summed E-state index contributed by atoms with van der Waals surface area (Å²) in [4.78, 5) is 27.7. The van der Waals surface area contributed by atoms with Crippen LogP contribution in [0.1, 0.15) is 44.0 Å². The van der Waals surface area contributed by atoms with E-state index in [9.17, 15) is 14.7 Å². The number of carbonyl (C=O) groups excluding carboxylic acids is 2. The molecular weight excluding hydrogens is 334 g/mol. The molecule has 0 bridgehead atoms. The first-order chi connectivity index (χ1) is 12.4. The first-order valence-electron chi connectivity index (χ1n) is 9.49. The maximum Gasteiger partial charge on any atom is 0.234 e. The van der Waals surface area contributed by atoms with Crippen molar-refractivity contribution >= 4 is 11.8 Å². The molecule has 2 amide bonds. The molecule has 3 N–H and O–H groups in total. The third-order valence-electron chi connectivity index (χ3n) is 5.47. The van der Waals surface area contributed by atoms with Crippen molar-refractivity contribution in [1.29, 1.82) is 0 Å². The van der Waals surface area contributed by atoms with Crippen LogP contribution in [0.25, 0.3) is 0 Å². The van der Waals surface area contributed by atoms with Gasteiger partial charge >= 0.3 is 0 Å². The second-order valence-electron chi connectivity index (χ2n) is 7.36. The number of hydrogen-bond donors (Lipinski definition) is 2. The first-order valence-corrected chi connectivity index (χ1v) is 9.49. The molecule has 0 spiro atoms. The molecule has 1 aromatic heterocycles. The smallest absolute Gasteiger partial charge is 0.234 e. The molecule has 1 saturated heterocycles. The number of aromatic nitrogens is 2. The van der Waals surface area contributed by atoms with Crippen molar-refractivity contribution in [1.82, 2.24) is 19.6 Å². The van der Waals surface area contributed by atoms with E-state index in [1.165, 1.54) is 0 Å². The average Bonchev–Trinajstić information content (AvgIpc) is 2.89. The number of nitrogens with two attached hydrogens (primary N) is 1. The third-order valence-corrected chi connectivity index (χ3v) is 5.47. The Morgan fingerprint density at radius 3 is 2.73 bits per heavy atom. The number of fused-ring (bicyclic) bond motifs is 1. The maximum atomic E-state index is 12.3. The minimum Gasteiger partial charge on any atom is -0.393 e. The predicted octanol–water partition coefficient (Wildman–Crippen LogP) is -0.121. The molecule has 0 saturated carbocycles. The number of carbonyl (C=O) groups is 2. The molecule has 0 unspecified atom stereocenters. The van der Waals surface area contributed by atoms with Crippen LogP contribution < -0.4 is 5.73 Å². The lowest BCUT2D eigenvalue weighted by atomic mass is 10.1. The molecule has 2 aliphatic heterocycles. The Labute approximate surface area is 153 Å². The molecule has 0 radical (unpaired) electrons. The number of aryl methyl sites for hydroxylation is 2. The van der Waals surface area contributed by atoms with E-state index in [1.807, 2.05) is 22.6 Å². The summed E-state index contributed by atoms with van der Waals surface area (Å²) in [6, 6.07) is 1.75. The number of rotatable bonds is 5. The van der Waals surface area contributed by atoms with E-state index in [2.05, 4.69) is 10.00 Å². The van der Waals surface area contributed by atoms with Crippen LogP contribution in [-0.2, 0) is 29.1 Å². The largest absolute Gasteiger partial charge is 0.393 e. The second kappa shape index (κ2) is 8.18. The summed E-state index contributed by atoms with van der Waals surface area (Å²) in [6.45, 7) is 5.40. The average molecular weight is 363 g/mol. The van der Waals surface area contributed by atoms with Gasteiger partial charge in [-0.3, -0.25) is 19.2 Å². The lowest BCUT2D eigenvalue weighted by Crippen LogP contribution is -2.42. The van der Waals surface area contributed by atoms with E-state index in [0.717, 1.165) is 30.9 Å². The van der Waals surface area contributed by atoms with Crippen molar-refractivity contribution < 1.29 is 14.7 Å². The van der Waals surface area contributed by atoms with Crippen LogP contribution in [0.2, 0.25) is 0 Å². The van der Waals surface area contributed by atoms with Crippen LogP contribution in [0, 0.1) is 0 Å². The maximum absolute atomic E-state index is 12.3. The number of hydrogen-bond acceptors (Lipinski definition) is 5. The topological polar surface area (TPSA) is 105 Å². The normalized spacial score (nSPS) is 20.5. The summed E-state index contributed by atoms with van der Waals surface area (Å²) in [5.74, 6) is -0.181. The van der Waals surface area contributed by atoms with Crippen molar-refractivity contribution in [3.05, 3.63) is 17.5 Å². The van der Waals surface area contributed by atoms with Gasteiger partial charge in [-0.25, -0.2) is 0 Å². The summed E-state index contributed by atoms with van der Waals surface area (Å²) in [5.41, 5.74) is 7.43. The molecule has 8 nitrogen and oxygen atoms in total. The molecule has 0 aromatic carbocycles. The predicted molar refractivity (Wildman–Crippen MR) is 96.1 cm³/mol. The van der Waals surface area contributed by atoms with Gasteiger partial charge in [0.2, 0.25) is 11.8 Å². The van der Waals surface area contributed by atoms with Crippen LogP contribution in [-0.4, -0.2) is 68.3 Å². The van der Waals surface area contributed by atoms with Crippen molar-refractivity contribution in [2.75, 3.05) is 19.6 Å². The zero-order valence-electron chi connectivity index (χ0n) is 15.4. The number of amides is 2. The Balaban J connectivity index is 1.57. The molecule has 1 fully saturated rings. The van der Waals surface area contributed by atoms with Gasteiger partial charge in [0.25, 0.3) is 0 Å². The fraction of sp³-hybridized carbons (Fsp3) is 0.722. The molecule has 144 valence electrons. The highest BCUT2D eigenvalue weighted by Gasteiger charge is 2.24. The van der Waals surface area contributed by atoms with E-state index in [-0.39, 0.29) is 24.0 Å². The summed E-state index contributed by atoms with van der Waals surface area (Å²) in [7, 11) is 0. The lowest BCUT2D eigenvalue weighted by molar-refractivity contribution is -0.133. The third kappa shape index (κ3) is 4.42. The second-order valence-corrected chi connectivity index (χ2v) is 7.36. The van der Waals surface area contributed by atoms with Crippen LogP contribution in [0.4, 0.5) is 0 Å². The Morgan fingerprint density at radius 1 is 1.31 bits per heavy atom. The van der Waals surface area contributed by atoms with E-state index < -0.39 is 0 Å². The molecule has 0 aliphatic carbocycles. The van der Waals surface area contributed by atoms with Gasteiger partial charge in [-0.1, -0.05) is 0 Å². The standard InChI is InChI=1S/C18H29N5O3/c1-13(18(19)26)22-7-2-8-23-15(12-22)11-14(20-23)3-4-17(25)21-9-5-16(24)6-10-21/h11,13,16,24H,2-10,12H2,1H3,(H2,19,26)/t13-/m1/s1. The lowest BCUT2D eigenvalue weighted by Gasteiger charge is -2.29. The number of aliphatic hydroxyl groups excluding tert-OH is 1. The van der Waals surface area contributed by atoms with Crippen molar-refractivity contribution in [2.45, 2.75) is 64.3 Å². The Kier molecular flexibility index (Phi) is 5.93. The Morgan fingerprint density at radius 2 is 2.04 bits per heavy atom. The van der Waals surface area contributed by atoms with Gasteiger partial charge in [0.15, 0.2) is 0 Å². The zero-order chi connectivity index (χ0) is 18.7. The van der Waals surface area contributed by atoms with Gasteiger partial charge in [0.05, 0.1) is 23.5 Å². The number of nitrogens with zero attached hydrogens (tertiary/aromatic N) is 4. The first kappa shape index (κ1) is 18.8. The van der Waals surface area contributed by atoms with Crippen LogP contribution in [0.3, 0.4) is 0 Å². The zero-order valence-corrected chi connectivity index (χ0v) is 15.4. The van der Waals surface area contributed by atoms with Gasteiger partial charge in [0, 0.05) is 45.6 Å². The van der Waals surface area contributed by atoms with Crippen LogP contribution in [0.5, 0.6) is 0 Å². The fourth-order valence-electron chi connectivity index (χ4n) is 3.69. The highest BCUT2D eigenvalue weighted by Crippen LogP contribution is 2.17. The Bertz CT molecular complexity index is 651. The molecule has 3 heterocycles. The summed E-state index contributed by atoms with van der Waals surface area (Å²) < 4.78 is 1.99. The fourth-order valence-corrected chi connectivity index (χ4v) is 3.69. The minimum atomic E-state index is -0.310. The quantitative estimate of drug-likeness (QED) is 0.759. The Hall–Kier alpha value is -1.93. The summed E-state index contributed by atoms with van der Waals surface area (Å²) in [5, 5.41) is 14.2. The van der Waals surface area contributed by atoms with Gasteiger partial charge < -0.3 is 15.7 Å². The SMILES string of the molecule is C[C@H](C(N)=O)N1CCCn2nc(CCC(=O)N3CCC(O)CC3)cc2C1. The van der Waals surface area contributed by atoms with Gasteiger partial charge in [-0.05, 0) is 32.3 Å². The van der Waals surface area contributed by atoms with Gasteiger partial charge in [-0.2, -0.15) is 5.10 Å². The number of likely N-dealkylation sites (tertiary alicyclic amines) is 1. The minimum absolute atomic E-state index is 0.129.